The molecule has 29 nitrogen and oxygen atoms in total. The quantitative estimate of drug-likeness (QED) is 0.0583. The van der Waals surface area contributed by atoms with Crippen molar-refractivity contribution in [3.05, 3.63) is 68.0 Å². The third kappa shape index (κ3) is 10.3. The summed E-state index contributed by atoms with van der Waals surface area (Å²) in [6.07, 6.45) is -23.2. The molecule has 10 rings (SSSR count). The van der Waals surface area contributed by atoms with E-state index in [2.05, 4.69) is 0 Å². The molecule has 2 aliphatic heterocycles. The van der Waals surface area contributed by atoms with Crippen LogP contribution < -0.4 is 20.3 Å². The third-order valence-electron chi connectivity index (χ3n) is 16.1. The predicted octanol–water partition coefficient (Wildman–Crippen LogP) is -3.88. The summed E-state index contributed by atoms with van der Waals surface area (Å²) >= 11 is 0. The largest absolute Gasteiger partial charge is 0.507 e. The molecule has 0 amide bonds. The molecule has 82 heavy (non-hydrogen) atoms. The Labute approximate surface area is 459 Å². The minimum absolute atomic E-state index is 0.134. The Morgan fingerprint density at radius 1 is 0.427 bits per heavy atom. The second kappa shape index (κ2) is 23.3. The first-order valence-electron chi connectivity index (χ1n) is 25.7. The average molecular weight is 1160 g/mol. The molecule has 2 aliphatic carbocycles. The van der Waals surface area contributed by atoms with E-state index in [1.165, 1.54) is 6.92 Å². The normalized spacial score (nSPS) is 34.2. The van der Waals surface area contributed by atoms with Gasteiger partial charge in [-0.15, -0.1) is 0 Å². The molecule has 4 aliphatic rings. The number of phenolic OH excluding ortho intramolecular Hbond substituents is 6. The Balaban J connectivity index is 0.000000198. The number of benzene rings is 4. The Morgan fingerprint density at radius 3 is 1.28 bits per heavy atom. The lowest BCUT2D eigenvalue weighted by Crippen LogP contribution is -2.60. The zero-order valence-electron chi connectivity index (χ0n) is 42.9. The number of aliphatic hydroxyl groups is 15. The van der Waals surface area contributed by atoms with Gasteiger partial charge in [-0.1, -0.05) is 6.92 Å². The summed E-state index contributed by atoms with van der Waals surface area (Å²) < 4.78 is 33.1. The van der Waals surface area contributed by atoms with Crippen molar-refractivity contribution in [3.63, 3.8) is 0 Å². The summed E-state index contributed by atoms with van der Waals surface area (Å²) in [5.74, 6) is -9.52. The lowest BCUT2D eigenvalue weighted by molar-refractivity contribution is -0.277. The molecule has 2 saturated heterocycles. The topological polar surface area (TPSA) is 522 Å². The van der Waals surface area contributed by atoms with Crippen LogP contribution in [0.4, 0.5) is 0 Å². The van der Waals surface area contributed by atoms with E-state index in [1.807, 2.05) is 0 Å². The zero-order valence-corrected chi connectivity index (χ0v) is 42.9. The molecule has 0 spiro atoms. The highest BCUT2D eigenvalue weighted by atomic mass is 16.7. The van der Waals surface area contributed by atoms with Gasteiger partial charge in [0.15, 0.2) is 23.0 Å². The van der Waals surface area contributed by atoms with Crippen molar-refractivity contribution in [3.8, 4) is 46.0 Å². The van der Waals surface area contributed by atoms with E-state index in [4.69, 9.17) is 27.8 Å². The van der Waals surface area contributed by atoms with Crippen molar-refractivity contribution in [1.82, 2.24) is 0 Å². The zero-order chi connectivity index (χ0) is 59.8. The second-order valence-corrected chi connectivity index (χ2v) is 21.1. The highest BCUT2D eigenvalue weighted by Gasteiger charge is 2.49. The summed E-state index contributed by atoms with van der Waals surface area (Å²) in [5, 5.41) is 215. The lowest BCUT2D eigenvalue weighted by Gasteiger charge is -2.40. The van der Waals surface area contributed by atoms with Crippen LogP contribution in [0.15, 0.2) is 54.8 Å². The summed E-state index contributed by atoms with van der Waals surface area (Å²) in [7, 11) is 0. The fourth-order valence-electron chi connectivity index (χ4n) is 11.3. The van der Waals surface area contributed by atoms with Gasteiger partial charge < -0.3 is 135 Å². The molecule has 2 unspecified atom stereocenters. The van der Waals surface area contributed by atoms with Gasteiger partial charge in [0.1, 0.15) is 105 Å². The molecule has 448 valence electrons. The summed E-state index contributed by atoms with van der Waals surface area (Å²) in [6, 6.07) is 6.13. The van der Waals surface area contributed by atoms with Crippen LogP contribution in [0.1, 0.15) is 42.7 Å². The van der Waals surface area contributed by atoms with Crippen LogP contribution in [0.5, 0.6) is 46.0 Å². The number of aromatic hydroxyl groups is 6. The monoisotopic (exact) mass is 1160 g/mol. The van der Waals surface area contributed by atoms with Gasteiger partial charge >= 0.3 is 0 Å². The number of fused-ring (bicyclic) bond motifs is 4. The first-order valence-corrected chi connectivity index (χ1v) is 25.7. The van der Waals surface area contributed by atoms with E-state index >= 15 is 0 Å². The predicted molar refractivity (Wildman–Crippen MR) is 274 cm³/mol. The summed E-state index contributed by atoms with van der Waals surface area (Å²) in [6.45, 7) is -0.881. The average Bonchev–Trinajstić information content (AvgIpc) is 3.64. The molecule has 4 heterocycles. The fourth-order valence-corrected chi connectivity index (χ4v) is 11.3. The number of ether oxygens (including phenoxy) is 4. The van der Waals surface area contributed by atoms with Gasteiger partial charge in [-0.3, -0.25) is 9.59 Å². The first-order chi connectivity index (χ1) is 38.8. The number of hydrogen-bond acceptors (Lipinski definition) is 29. The Hall–Kier alpha value is -6.46. The number of aliphatic hydroxyl groups excluding tert-OH is 15. The van der Waals surface area contributed by atoms with Gasteiger partial charge in [0, 0.05) is 78.2 Å². The van der Waals surface area contributed by atoms with E-state index in [0.29, 0.717) is 0 Å². The maximum Gasteiger partial charge on any atom is 0.229 e. The van der Waals surface area contributed by atoms with Crippen molar-refractivity contribution in [2.75, 3.05) is 26.4 Å². The minimum Gasteiger partial charge on any atom is -0.507 e. The van der Waals surface area contributed by atoms with E-state index in [0.717, 1.165) is 36.4 Å². The number of phenols is 6. The Bertz CT molecular complexity index is 3450. The summed E-state index contributed by atoms with van der Waals surface area (Å²) in [5.41, 5.74) is -3.22. The van der Waals surface area contributed by atoms with Crippen LogP contribution in [-0.2, 0) is 9.47 Å². The Kier molecular flexibility index (Phi) is 17.1. The molecule has 0 bridgehead atoms. The SMILES string of the molecule is C[C@@H]1[C@@H](O)[C@H](Oc2cc3oc4cc(O)c(C5C[C@H](CO)[C@@H](O)[C@H](O)[C@H]5O)c(O)c4c(=O)c3cc2O)O[C@H](CO)[C@H]1O.O=c1c2cc(O[C@@H]3O[C@H](CO)[C@@H](O)[C@H](O)[C@H]3O)c(O)cc2oc2cc(O)c(C3C[C@H](CO)[C@@H](O)[C@H](O)[C@H]3O)c(O)c12. The van der Waals surface area contributed by atoms with Crippen LogP contribution in [0.25, 0.3) is 43.9 Å². The summed E-state index contributed by atoms with van der Waals surface area (Å²) in [4.78, 5) is 27.0. The van der Waals surface area contributed by atoms with Crippen LogP contribution in [-0.4, -0.2) is 226 Å². The van der Waals surface area contributed by atoms with Crippen molar-refractivity contribution < 1.29 is 135 Å². The Morgan fingerprint density at radius 2 is 0.817 bits per heavy atom. The number of rotatable bonds is 10. The maximum atomic E-state index is 13.6. The molecule has 2 aromatic heterocycles. The molecule has 4 fully saturated rings. The van der Waals surface area contributed by atoms with E-state index in [1.54, 1.807) is 0 Å². The lowest BCUT2D eigenvalue weighted by atomic mass is 9.72. The fraction of sp³-hybridized carbons (Fsp3) is 0.509. The van der Waals surface area contributed by atoms with E-state index < -0.39 is 210 Å². The van der Waals surface area contributed by atoms with Gasteiger partial charge in [-0.05, 0) is 25.0 Å². The van der Waals surface area contributed by atoms with Crippen molar-refractivity contribution in [1.29, 1.82) is 0 Å². The molecule has 21 N–H and O–H groups in total. The van der Waals surface area contributed by atoms with Gasteiger partial charge in [0.05, 0.1) is 54.5 Å². The second-order valence-electron chi connectivity index (χ2n) is 21.1. The van der Waals surface area contributed by atoms with Crippen molar-refractivity contribution in [2.45, 2.75) is 124 Å². The number of hydrogen-bond donors (Lipinski definition) is 21. The van der Waals surface area contributed by atoms with Gasteiger partial charge in [0.2, 0.25) is 23.4 Å². The van der Waals surface area contributed by atoms with Crippen molar-refractivity contribution >= 4 is 43.9 Å². The van der Waals surface area contributed by atoms with Crippen LogP contribution in [0, 0.1) is 17.8 Å². The van der Waals surface area contributed by atoms with Gasteiger partial charge in [-0.2, -0.15) is 0 Å². The van der Waals surface area contributed by atoms with E-state index in [-0.39, 0.29) is 62.8 Å². The first kappa shape index (κ1) is 60.1. The minimum atomic E-state index is -1.82. The van der Waals surface area contributed by atoms with Gasteiger partial charge in [-0.25, -0.2) is 0 Å². The van der Waals surface area contributed by atoms with Crippen molar-refractivity contribution in [2.24, 2.45) is 17.8 Å². The molecular formula is C53H62O29. The molecule has 20 atom stereocenters. The maximum absolute atomic E-state index is 13.6. The highest BCUT2D eigenvalue weighted by Crippen LogP contribution is 2.49. The highest BCUT2D eigenvalue weighted by molar-refractivity contribution is 5.97. The van der Waals surface area contributed by atoms with E-state index in [9.17, 15) is 117 Å². The molecule has 6 aromatic rings. The third-order valence-corrected chi connectivity index (χ3v) is 16.1. The van der Waals surface area contributed by atoms with Crippen LogP contribution in [0.3, 0.4) is 0 Å². The molecular weight excluding hydrogens is 1100 g/mol. The molecule has 2 saturated carbocycles. The van der Waals surface area contributed by atoms with Gasteiger partial charge in [0.25, 0.3) is 0 Å². The van der Waals surface area contributed by atoms with Crippen LogP contribution in [0.2, 0.25) is 0 Å². The molecule has 4 aromatic carbocycles. The molecule has 0 radical (unpaired) electrons. The smallest absolute Gasteiger partial charge is 0.229 e. The molecule has 29 heteroatoms. The standard InChI is InChI=1S/C27H32O14.C26H30O15/c1-8-20(32)17(7-29)41-27(21(8)33)40-15-5-14-10(3-12(15)30)23(35)19-16(39-14)4-13(31)18(25(19)37)11-2-9(6-28)22(34)26(38)24(11)36;27-5-7-1-9(20(33)23(36)18(7)31)16-11(30)4-14-17(22(16)35)19(32)8-2-13(10(29)3-12(8)39-14)40-26-25(38)24(37)21(34)15(6-28)41-26/h3-5,8-9,11,17,20-22,24,26-34,36-38H,2,6-7H2,1H3;2-4,7,9,15,18,20-21,23-31,33-38H,1,5-6H2/t8-,9+,11?,17+,20-,21+,22+,24-,26-,27+;7-,9?,15-,18-,20+,21-,23+,24+,25-,26-/m01/s1. The van der Waals surface area contributed by atoms with Crippen LogP contribution >= 0.6 is 0 Å².